The summed E-state index contributed by atoms with van der Waals surface area (Å²) in [4.78, 5) is 20.9. The van der Waals surface area contributed by atoms with Crippen molar-refractivity contribution in [1.29, 1.82) is 5.26 Å². The lowest BCUT2D eigenvalue weighted by Gasteiger charge is -2.37. The highest BCUT2D eigenvalue weighted by Gasteiger charge is 2.39. The lowest BCUT2D eigenvalue weighted by molar-refractivity contribution is 0.0539. The first-order valence-corrected chi connectivity index (χ1v) is 15.5. The quantitative estimate of drug-likeness (QED) is 0.0327. The van der Waals surface area contributed by atoms with E-state index in [-0.39, 0.29) is 24.6 Å². The Bertz CT molecular complexity index is 1300. The van der Waals surface area contributed by atoms with Crippen molar-refractivity contribution in [2.24, 2.45) is 33.1 Å². The van der Waals surface area contributed by atoms with E-state index in [1.807, 2.05) is 77.2 Å². The van der Waals surface area contributed by atoms with Crippen molar-refractivity contribution in [2.45, 2.75) is 66.0 Å². The maximum Gasteiger partial charge on any atom is 0.338 e. The van der Waals surface area contributed by atoms with Gasteiger partial charge in [0.25, 0.3) is 0 Å². The van der Waals surface area contributed by atoms with Crippen LogP contribution in [0.1, 0.15) is 75.8 Å². The molecule has 1 aromatic rings. The topological polar surface area (TPSA) is 201 Å². The fourth-order valence-electron chi connectivity index (χ4n) is 5.02. The first kappa shape index (κ1) is 36.7. The van der Waals surface area contributed by atoms with Gasteiger partial charge < -0.3 is 43.2 Å². The van der Waals surface area contributed by atoms with Crippen molar-refractivity contribution < 1.29 is 9.53 Å². The number of rotatable bonds is 13. The number of aliphatic imine (C=N–C) groups is 2. The minimum atomic E-state index is -0.344. The van der Waals surface area contributed by atoms with Crippen molar-refractivity contribution >= 4 is 23.6 Å². The molecular weight excluding hydrogens is 568 g/mol. The number of nitrogens with zero attached hydrogens (tertiary/aromatic N) is 3. The molecule has 0 saturated carbocycles. The Labute approximate surface area is 268 Å². The number of ether oxygens (including phenoxy) is 1. The predicted octanol–water partition coefficient (Wildman–Crippen LogP) is 3.18. The Morgan fingerprint density at radius 3 is 2.51 bits per heavy atom. The van der Waals surface area contributed by atoms with Gasteiger partial charge in [0.1, 0.15) is 6.61 Å². The van der Waals surface area contributed by atoms with Crippen LogP contribution in [0.4, 0.5) is 5.69 Å². The van der Waals surface area contributed by atoms with Crippen LogP contribution >= 0.6 is 0 Å². The van der Waals surface area contributed by atoms with Crippen molar-refractivity contribution in [1.82, 2.24) is 16.0 Å². The Balaban J connectivity index is 0.000000777. The summed E-state index contributed by atoms with van der Waals surface area (Å²) in [5.74, 6) is 0.636. The van der Waals surface area contributed by atoms with E-state index < -0.39 is 0 Å². The van der Waals surface area contributed by atoms with Gasteiger partial charge in [0, 0.05) is 30.9 Å². The van der Waals surface area contributed by atoms with Crippen molar-refractivity contribution in [2.75, 3.05) is 44.6 Å². The van der Waals surface area contributed by atoms with E-state index in [2.05, 4.69) is 31.3 Å². The lowest BCUT2D eigenvalue weighted by Crippen LogP contribution is -2.39. The summed E-state index contributed by atoms with van der Waals surface area (Å²) in [5.41, 5.74) is 22.7. The molecule has 3 rings (SSSR count). The summed E-state index contributed by atoms with van der Waals surface area (Å²) in [6, 6.07) is 6.35. The third kappa shape index (κ3) is 13.8. The number of hydrogen-bond donors (Lipinski definition) is 7. The summed E-state index contributed by atoms with van der Waals surface area (Å²) >= 11 is 0. The third-order valence-electron chi connectivity index (χ3n) is 7.35. The van der Waals surface area contributed by atoms with Crippen molar-refractivity contribution in [3.05, 3.63) is 64.3 Å². The SMILES string of the molecule is CC(C)=CCN=C(N)NCCC[C@@H]1Nc2ccc(C(=O)OC/C(C)=C/CN=C(N)N)cc2C2NCCC21.CC(C)=CCNC#N. The van der Waals surface area contributed by atoms with Gasteiger partial charge in [-0.1, -0.05) is 29.4 Å². The third-order valence-corrected chi connectivity index (χ3v) is 7.35. The summed E-state index contributed by atoms with van der Waals surface area (Å²) in [6.45, 7) is 13.5. The van der Waals surface area contributed by atoms with Gasteiger partial charge in [-0.25, -0.2) is 14.8 Å². The second-order valence-electron chi connectivity index (χ2n) is 11.7. The van der Waals surface area contributed by atoms with E-state index in [0.29, 0.717) is 43.1 Å². The van der Waals surface area contributed by atoms with Gasteiger partial charge >= 0.3 is 5.97 Å². The zero-order chi connectivity index (χ0) is 33.2. The largest absolute Gasteiger partial charge is 0.458 e. The number of carbonyl (C=O) groups excluding carboxylic acids is 1. The van der Waals surface area contributed by atoms with Gasteiger partial charge in [-0.3, -0.25) is 0 Å². The van der Waals surface area contributed by atoms with Crippen LogP contribution in [-0.4, -0.2) is 63.3 Å². The van der Waals surface area contributed by atoms with Crippen LogP contribution in [0.5, 0.6) is 0 Å². The van der Waals surface area contributed by atoms with Crippen molar-refractivity contribution in [3.63, 3.8) is 0 Å². The maximum atomic E-state index is 12.7. The molecule has 1 fully saturated rings. The molecule has 2 aliphatic heterocycles. The molecule has 12 nitrogen and oxygen atoms in total. The molecule has 0 aliphatic carbocycles. The Hall–Kier alpha value is -4.50. The van der Waals surface area contributed by atoms with E-state index >= 15 is 0 Å². The molecule has 2 aliphatic rings. The average Bonchev–Trinajstić information content (AvgIpc) is 3.49. The molecular formula is C33H52N10O2. The Kier molecular flexibility index (Phi) is 16.1. The van der Waals surface area contributed by atoms with Crippen LogP contribution < -0.4 is 38.5 Å². The Morgan fingerprint density at radius 1 is 1.09 bits per heavy atom. The summed E-state index contributed by atoms with van der Waals surface area (Å²) in [7, 11) is 0. The van der Waals surface area contributed by atoms with Crippen LogP contribution in [0, 0.1) is 17.4 Å². The number of benzene rings is 1. The molecule has 10 N–H and O–H groups in total. The number of hydrogen-bond acceptors (Lipinski definition) is 8. The molecule has 0 spiro atoms. The molecule has 3 atom stereocenters. The zero-order valence-corrected chi connectivity index (χ0v) is 27.5. The lowest BCUT2D eigenvalue weighted by atomic mass is 9.81. The normalized spacial score (nSPS) is 18.4. The molecule has 0 radical (unpaired) electrons. The highest BCUT2D eigenvalue weighted by molar-refractivity contribution is 5.90. The van der Waals surface area contributed by atoms with E-state index in [1.54, 1.807) is 0 Å². The molecule has 1 aromatic carbocycles. The number of nitrogens with one attached hydrogen (secondary N) is 4. The Morgan fingerprint density at radius 2 is 1.82 bits per heavy atom. The second-order valence-corrected chi connectivity index (χ2v) is 11.7. The fraction of sp³-hybridized carbons (Fsp3) is 0.515. The van der Waals surface area contributed by atoms with Crippen LogP contribution in [-0.2, 0) is 4.74 Å². The zero-order valence-electron chi connectivity index (χ0n) is 27.5. The van der Waals surface area contributed by atoms with Gasteiger partial charge in [-0.2, -0.15) is 5.26 Å². The minimum absolute atomic E-state index is 0.0336. The first-order valence-electron chi connectivity index (χ1n) is 15.5. The summed E-state index contributed by atoms with van der Waals surface area (Å²) in [6.07, 6.45) is 10.8. The van der Waals surface area contributed by atoms with Gasteiger partial charge in [0.2, 0.25) is 0 Å². The molecule has 0 amide bonds. The number of fused-ring (bicyclic) bond motifs is 3. The van der Waals surface area contributed by atoms with Gasteiger partial charge in [0.15, 0.2) is 18.1 Å². The molecule has 2 heterocycles. The van der Waals surface area contributed by atoms with Gasteiger partial charge in [0.05, 0.1) is 18.7 Å². The second kappa shape index (κ2) is 19.7. The summed E-state index contributed by atoms with van der Waals surface area (Å²) in [5, 5.41) is 21.1. The van der Waals surface area contributed by atoms with Crippen LogP contribution in [0.2, 0.25) is 0 Å². The van der Waals surface area contributed by atoms with Crippen LogP contribution in [0.25, 0.3) is 0 Å². The smallest absolute Gasteiger partial charge is 0.338 e. The number of guanidine groups is 2. The van der Waals surface area contributed by atoms with Gasteiger partial charge in [-0.15, -0.1) is 0 Å². The number of anilines is 1. The number of carbonyl (C=O) groups is 1. The van der Waals surface area contributed by atoms with E-state index in [9.17, 15) is 4.79 Å². The minimum Gasteiger partial charge on any atom is -0.458 e. The number of esters is 1. The fourth-order valence-corrected chi connectivity index (χ4v) is 5.02. The molecule has 0 aromatic heterocycles. The maximum absolute atomic E-state index is 12.7. The number of nitriles is 1. The predicted molar refractivity (Wildman–Crippen MR) is 184 cm³/mol. The molecule has 1 saturated heterocycles. The molecule has 0 bridgehead atoms. The van der Waals surface area contributed by atoms with E-state index in [1.165, 1.54) is 11.1 Å². The number of nitrogens with two attached hydrogens (primary N) is 3. The highest BCUT2D eigenvalue weighted by atomic mass is 16.5. The molecule has 246 valence electrons. The monoisotopic (exact) mass is 620 g/mol. The average molecular weight is 621 g/mol. The molecule has 12 heteroatoms. The van der Waals surface area contributed by atoms with Crippen LogP contribution in [0.15, 0.2) is 63.1 Å². The summed E-state index contributed by atoms with van der Waals surface area (Å²) < 4.78 is 5.50. The van der Waals surface area contributed by atoms with Crippen LogP contribution in [0.3, 0.4) is 0 Å². The molecule has 2 unspecified atom stereocenters. The van der Waals surface area contributed by atoms with E-state index in [4.69, 9.17) is 27.2 Å². The standard InChI is InChI=1S/C27H42N8O2.C6H10N2/c1-17(2)8-12-34-27(30)33-11-4-5-22-20-10-14-31-24(20)21-15-19(6-7-23(21)35-22)25(36)37-16-18(3)9-13-32-26(28)29;1-6(2)3-4-8-5-7/h6-9,15,20,22,24,31,35H,4-5,10-14,16H2,1-3H3,(H4,28,29,32)(H3,30,33,34);3,8H,4H2,1-2H3/b18-9+;/t20?,22-,24?;/m0./s1. The molecule has 45 heavy (non-hydrogen) atoms. The highest BCUT2D eigenvalue weighted by Crippen LogP contribution is 2.42. The first-order chi connectivity index (χ1) is 21.5. The van der Waals surface area contributed by atoms with E-state index in [0.717, 1.165) is 49.2 Å². The van der Waals surface area contributed by atoms with Gasteiger partial charge in [-0.05, 0) is 95.7 Å². The number of allylic oxidation sites excluding steroid dienone is 2. The van der Waals surface area contributed by atoms with Crippen molar-refractivity contribution in [3.8, 4) is 6.19 Å².